The van der Waals surface area contributed by atoms with Crippen molar-refractivity contribution >= 4 is 0 Å². The van der Waals surface area contributed by atoms with Crippen molar-refractivity contribution in [3.05, 3.63) is 23.3 Å². The van der Waals surface area contributed by atoms with Gasteiger partial charge in [0.25, 0.3) is 0 Å². The predicted octanol–water partition coefficient (Wildman–Crippen LogP) is 2.93. The number of hydrogen-bond donors (Lipinski definition) is 1. The summed E-state index contributed by atoms with van der Waals surface area (Å²) in [5, 5.41) is 0. The van der Waals surface area contributed by atoms with Gasteiger partial charge in [0.05, 0.1) is 0 Å². The fourth-order valence-electron chi connectivity index (χ4n) is 3.57. The lowest BCUT2D eigenvalue weighted by Gasteiger charge is -2.38. The summed E-state index contributed by atoms with van der Waals surface area (Å²) in [6.45, 7) is 4.19. The zero-order chi connectivity index (χ0) is 13.3. The van der Waals surface area contributed by atoms with E-state index in [9.17, 15) is 0 Å². The predicted molar refractivity (Wildman–Crippen MR) is 76.0 cm³/mol. The topological polar surface area (TPSA) is 44.5 Å². The van der Waals surface area contributed by atoms with Crippen molar-refractivity contribution in [3.63, 3.8) is 0 Å². The minimum Gasteiger partial charge on any atom is -0.486 e. The minimum atomic E-state index is 0.151. The highest BCUT2D eigenvalue weighted by Crippen LogP contribution is 2.44. The van der Waals surface area contributed by atoms with Gasteiger partial charge in [0.1, 0.15) is 13.2 Å². The van der Waals surface area contributed by atoms with Crippen LogP contribution in [0.25, 0.3) is 0 Å². The van der Waals surface area contributed by atoms with E-state index in [2.05, 4.69) is 19.1 Å². The monoisotopic (exact) mass is 261 g/mol. The summed E-state index contributed by atoms with van der Waals surface area (Å²) in [6, 6.07) is 4.30. The van der Waals surface area contributed by atoms with Gasteiger partial charge in [0.15, 0.2) is 11.5 Å². The minimum absolute atomic E-state index is 0.151. The van der Waals surface area contributed by atoms with Gasteiger partial charge >= 0.3 is 0 Å². The third-order valence-electron chi connectivity index (χ3n) is 4.66. The second kappa shape index (κ2) is 5.04. The van der Waals surface area contributed by atoms with E-state index in [-0.39, 0.29) is 5.41 Å². The number of hydrogen-bond acceptors (Lipinski definition) is 3. The lowest BCUT2D eigenvalue weighted by atomic mass is 9.68. The SMILES string of the molecule is Cc1cc2c(cc1C1(CN)CCCCC1)OCCO2. The Kier molecular flexibility index (Phi) is 3.40. The van der Waals surface area contributed by atoms with Crippen molar-refractivity contribution in [2.24, 2.45) is 5.73 Å². The molecule has 0 radical (unpaired) electrons. The summed E-state index contributed by atoms with van der Waals surface area (Å²) >= 11 is 0. The van der Waals surface area contributed by atoms with Crippen LogP contribution < -0.4 is 15.2 Å². The molecule has 104 valence electrons. The average Bonchev–Trinajstić information content (AvgIpc) is 2.47. The summed E-state index contributed by atoms with van der Waals surface area (Å²) < 4.78 is 11.4. The van der Waals surface area contributed by atoms with E-state index in [4.69, 9.17) is 15.2 Å². The number of benzene rings is 1. The summed E-state index contributed by atoms with van der Waals surface area (Å²) in [5.41, 5.74) is 8.96. The van der Waals surface area contributed by atoms with E-state index in [1.807, 2.05) is 0 Å². The molecule has 3 heteroatoms. The maximum atomic E-state index is 6.14. The van der Waals surface area contributed by atoms with Crippen LogP contribution in [0.5, 0.6) is 11.5 Å². The summed E-state index contributed by atoms with van der Waals surface area (Å²) in [7, 11) is 0. The van der Waals surface area contributed by atoms with Crippen LogP contribution in [0.15, 0.2) is 12.1 Å². The number of fused-ring (bicyclic) bond motifs is 1. The molecule has 0 unspecified atom stereocenters. The fourth-order valence-corrected chi connectivity index (χ4v) is 3.57. The zero-order valence-corrected chi connectivity index (χ0v) is 11.7. The van der Waals surface area contributed by atoms with Crippen molar-refractivity contribution in [1.29, 1.82) is 0 Å². The standard InChI is InChI=1S/C16H23NO2/c1-12-9-14-15(19-8-7-18-14)10-13(12)16(11-17)5-3-2-4-6-16/h9-10H,2-8,11,17H2,1H3. The van der Waals surface area contributed by atoms with Gasteiger partial charge < -0.3 is 15.2 Å². The maximum Gasteiger partial charge on any atom is 0.161 e. The highest BCUT2D eigenvalue weighted by atomic mass is 16.6. The number of ether oxygens (including phenoxy) is 2. The Hall–Kier alpha value is -1.22. The molecule has 3 nitrogen and oxygen atoms in total. The van der Waals surface area contributed by atoms with Gasteiger partial charge in [-0.2, -0.15) is 0 Å². The van der Waals surface area contributed by atoms with Gasteiger partial charge in [-0.3, -0.25) is 0 Å². The van der Waals surface area contributed by atoms with Crippen LogP contribution >= 0.6 is 0 Å². The maximum absolute atomic E-state index is 6.14. The van der Waals surface area contributed by atoms with E-state index in [1.165, 1.54) is 43.2 Å². The Morgan fingerprint density at radius 3 is 2.32 bits per heavy atom. The first-order valence-corrected chi connectivity index (χ1v) is 7.36. The van der Waals surface area contributed by atoms with Crippen molar-refractivity contribution in [3.8, 4) is 11.5 Å². The molecule has 0 saturated heterocycles. The third-order valence-corrected chi connectivity index (χ3v) is 4.66. The van der Waals surface area contributed by atoms with E-state index >= 15 is 0 Å². The molecule has 1 saturated carbocycles. The van der Waals surface area contributed by atoms with E-state index in [0.717, 1.165) is 18.0 Å². The Labute approximate surface area is 115 Å². The average molecular weight is 261 g/mol. The Bertz CT molecular complexity index is 464. The van der Waals surface area contributed by atoms with Crippen molar-refractivity contribution in [1.82, 2.24) is 0 Å². The first-order valence-electron chi connectivity index (χ1n) is 7.36. The summed E-state index contributed by atoms with van der Waals surface area (Å²) in [5.74, 6) is 1.78. The summed E-state index contributed by atoms with van der Waals surface area (Å²) in [6.07, 6.45) is 6.30. The third kappa shape index (κ3) is 2.20. The first kappa shape index (κ1) is 12.8. The molecule has 19 heavy (non-hydrogen) atoms. The van der Waals surface area contributed by atoms with Gasteiger partial charge in [0, 0.05) is 12.0 Å². The smallest absolute Gasteiger partial charge is 0.161 e. The largest absolute Gasteiger partial charge is 0.486 e. The molecule has 0 spiro atoms. The van der Waals surface area contributed by atoms with Gasteiger partial charge in [-0.15, -0.1) is 0 Å². The first-order chi connectivity index (χ1) is 9.25. The lowest BCUT2D eigenvalue weighted by Crippen LogP contribution is -2.38. The van der Waals surface area contributed by atoms with Crippen LogP contribution in [0.3, 0.4) is 0 Å². The molecular formula is C16H23NO2. The van der Waals surface area contributed by atoms with Crippen LogP contribution in [-0.4, -0.2) is 19.8 Å². The Balaban J connectivity index is 2.03. The Morgan fingerprint density at radius 1 is 1.05 bits per heavy atom. The highest BCUT2D eigenvalue weighted by molar-refractivity contribution is 5.50. The van der Waals surface area contributed by atoms with E-state index in [1.54, 1.807) is 0 Å². The molecule has 1 aromatic rings. The van der Waals surface area contributed by atoms with Crippen LogP contribution in [-0.2, 0) is 5.41 Å². The van der Waals surface area contributed by atoms with Crippen molar-refractivity contribution in [2.75, 3.05) is 19.8 Å². The van der Waals surface area contributed by atoms with Gasteiger partial charge in [-0.05, 0) is 43.0 Å². The van der Waals surface area contributed by atoms with Crippen molar-refractivity contribution < 1.29 is 9.47 Å². The summed E-state index contributed by atoms with van der Waals surface area (Å²) in [4.78, 5) is 0. The van der Waals surface area contributed by atoms with Crippen LogP contribution in [0.4, 0.5) is 0 Å². The van der Waals surface area contributed by atoms with E-state index in [0.29, 0.717) is 13.2 Å². The quantitative estimate of drug-likeness (QED) is 0.890. The molecule has 1 fully saturated rings. The second-order valence-electron chi connectivity index (χ2n) is 5.86. The normalized spacial score (nSPS) is 21.2. The molecule has 1 aliphatic heterocycles. The molecule has 2 aliphatic rings. The van der Waals surface area contributed by atoms with Crippen LogP contribution in [0.1, 0.15) is 43.2 Å². The van der Waals surface area contributed by atoms with Gasteiger partial charge in [-0.1, -0.05) is 19.3 Å². The molecule has 1 heterocycles. The lowest BCUT2D eigenvalue weighted by molar-refractivity contribution is 0.170. The number of nitrogens with two attached hydrogens (primary N) is 1. The number of rotatable bonds is 2. The molecule has 2 N–H and O–H groups in total. The molecule has 0 atom stereocenters. The number of aryl methyl sites for hydroxylation is 1. The molecule has 3 rings (SSSR count). The fraction of sp³-hybridized carbons (Fsp3) is 0.625. The molecular weight excluding hydrogens is 238 g/mol. The zero-order valence-electron chi connectivity index (χ0n) is 11.7. The molecule has 0 amide bonds. The Morgan fingerprint density at radius 2 is 1.68 bits per heavy atom. The second-order valence-corrected chi connectivity index (χ2v) is 5.86. The van der Waals surface area contributed by atoms with Gasteiger partial charge in [0.2, 0.25) is 0 Å². The van der Waals surface area contributed by atoms with Gasteiger partial charge in [-0.25, -0.2) is 0 Å². The van der Waals surface area contributed by atoms with E-state index < -0.39 is 0 Å². The molecule has 0 aromatic heterocycles. The highest BCUT2D eigenvalue weighted by Gasteiger charge is 2.34. The van der Waals surface area contributed by atoms with Crippen LogP contribution in [0.2, 0.25) is 0 Å². The van der Waals surface area contributed by atoms with Crippen LogP contribution in [0, 0.1) is 6.92 Å². The molecule has 1 aliphatic carbocycles. The molecule has 1 aromatic carbocycles. The molecule has 0 bridgehead atoms. The van der Waals surface area contributed by atoms with Crippen molar-refractivity contribution in [2.45, 2.75) is 44.4 Å².